The van der Waals surface area contributed by atoms with Crippen molar-refractivity contribution in [3.63, 3.8) is 0 Å². The van der Waals surface area contributed by atoms with Crippen molar-refractivity contribution in [2.24, 2.45) is 0 Å². The first-order valence-corrected chi connectivity index (χ1v) is 25.6. The highest BCUT2D eigenvalue weighted by Gasteiger charge is 2.42. The highest BCUT2D eigenvalue weighted by molar-refractivity contribution is 8.00. The third-order valence-electron chi connectivity index (χ3n) is 9.90. The van der Waals surface area contributed by atoms with Crippen molar-refractivity contribution >= 4 is 35.7 Å². The fourth-order valence-corrected chi connectivity index (χ4v) is 8.02. The number of rotatable bonds is 46. The van der Waals surface area contributed by atoms with Crippen LogP contribution >= 0.6 is 11.8 Å². The molecule has 3 atom stereocenters. The Morgan fingerprint density at radius 1 is 0.614 bits per heavy atom. The van der Waals surface area contributed by atoms with E-state index in [1.165, 1.54) is 0 Å². The summed E-state index contributed by atoms with van der Waals surface area (Å²) in [5.74, 6) is 0.825. The lowest BCUT2D eigenvalue weighted by atomic mass is 10.0. The first-order chi connectivity index (χ1) is 34.1. The molecule has 404 valence electrons. The number of aromatic nitrogens is 3. The zero-order valence-corrected chi connectivity index (χ0v) is 42.5. The van der Waals surface area contributed by atoms with Crippen LogP contribution in [0.2, 0.25) is 0 Å². The lowest BCUT2D eigenvalue weighted by Crippen LogP contribution is -2.36. The van der Waals surface area contributed by atoms with Crippen LogP contribution < -0.4 is 26.6 Å². The topological polar surface area (TPSA) is 270 Å². The monoisotopic (exact) mass is 1020 g/mol. The molecule has 0 radical (unpaired) electrons. The Morgan fingerprint density at radius 3 is 1.61 bits per heavy atom. The van der Waals surface area contributed by atoms with Crippen molar-refractivity contribution in [2.45, 2.75) is 88.9 Å². The summed E-state index contributed by atoms with van der Waals surface area (Å²) >= 11 is 1.89. The van der Waals surface area contributed by atoms with Gasteiger partial charge in [-0.2, -0.15) is 11.8 Å². The second-order valence-electron chi connectivity index (χ2n) is 16.9. The Morgan fingerprint density at radius 2 is 1.09 bits per heavy atom. The van der Waals surface area contributed by atoms with E-state index in [9.17, 15) is 19.2 Å². The van der Waals surface area contributed by atoms with Gasteiger partial charge in [-0.05, 0) is 33.6 Å². The van der Waals surface area contributed by atoms with Crippen LogP contribution in [0.5, 0.6) is 0 Å². The second kappa shape index (κ2) is 40.1. The van der Waals surface area contributed by atoms with Gasteiger partial charge < -0.3 is 83.4 Å². The number of hydrogen-bond donors (Lipinski definition) is 5. The predicted octanol–water partition coefficient (Wildman–Crippen LogP) is 0.834. The minimum absolute atomic E-state index is 0.00771. The average molecular weight is 1020 g/mol. The van der Waals surface area contributed by atoms with Crippen molar-refractivity contribution in [1.82, 2.24) is 41.6 Å². The molecule has 3 heterocycles. The Balaban J connectivity index is 0.926. The molecule has 5 N–H and O–H groups in total. The molecule has 70 heavy (non-hydrogen) atoms. The maximum Gasteiger partial charge on any atom is 0.407 e. The zero-order chi connectivity index (χ0) is 50.2. The zero-order valence-electron chi connectivity index (χ0n) is 41.7. The average Bonchev–Trinajstić information content (AvgIpc) is 4.05. The van der Waals surface area contributed by atoms with E-state index in [0.29, 0.717) is 189 Å². The fraction of sp³-hybridized carbons (Fsp3) is 0.867. The predicted molar refractivity (Wildman–Crippen MR) is 257 cm³/mol. The molecule has 0 aliphatic carbocycles. The van der Waals surface area contributed by atoms with Gasteiger partial charge in [0.2, 0.25) is 11.8 Å². The number of carbonyl (C=O) groups excluding carboxylic acids is 4. The molecule has 1 aromatic rings. The van der Waals surface area contributed by atoms with Gasteiger partial charge >= 0.3 is 12.1 Å². The summed E-state index contributed by atoms with van der Waals surface area (Å²) < 4.78 is 67.2. The van der Waals surface area contributed by atoms with Crippen LogP contribution in [0, 0.1) is 0 Å². The summed E-state index contributed by atoms with van der Waals surface area (Å²) in [5.41, 5.74) is 0.162. The van der Waals surface area contributed by atoms with E-state index in [4.69, 9.17) is 56.8 Å². The number of ether oxygens (including phenoxy) is 12. The maximum absolute atomic E-state index is 12.3. The third-order valence-corrected chi connectivity index (χ3v) is 11.4. The maximum atomic E-state index is 12.3. The Labute approximate surface area is 417 Å². The van der Waals surface area contributed by atoms with Gasteiger partial charge in [0, 0.05) is 36.9 Å². The molecule has 2 fully saturated rings. The number of fused-ring (bicyclic) bond motifs is 1. The molecule has 1 aromatic heterocycles. The summed E-state index contributed by atoms with van der Waals surface area (Å²) in [7, 11) is 0. The van der Waals surface area contributed by atoms with Crippen LogP contribution in [0.1, 0.15) is 58.6 Å². The molecule has 2 aliphatic rings. The Hall–Kier alpha value is -3.47. The minimum atomic E-state index is -0.527. The summed E-state index contributed by atoms with van der Waals surface area (Å²) in [6.07, 6.45) is 4.78. The number of urea groups is 1. The molecule has 0 saturated carbocycles. The van der Waals surface area contributed by atoms with E-state index in [2.05, 4.69) is 36.9 Å². The third kappa shape index (κ3) is 33.2. The molecular formula is C45H82N8O16S. The molecule has 2 aliphatic heterocycles. The Bertz CT molecular complexity index is 1520. The van der Waals surface area contributed by atoms with Crippen molar-refractivity contribution < 1.29 is 76.0 Å². The number of carbonyl (C=O) groups is 4. The highest BCUT2D eigenvalue weighted by Crippen LogP contribution is 2.33. The smallest absolute Gasteiger partial charge is 0.407 e. The lowest BCUT2D eigenvalue weighted by molar-refractivity contribution is -0.123. The van der Waals surface area contributed by atoms with Gasteiger partial charge in [0.1, 0.15) is 11.3 Å². The minimum Gasteiger partial charge on any atom is -0.444 e. The molecule has 0 unspecified atom stereocenters. The number of unbranched alkanes of at least 4 members (excludes halogenated alkanes) is 1. The number of amides is 5. The summed E-state index contributed by atoms with van der Waals surface area (Å²) in [4.78, 5) is 47.3. The van der Waals surface area contributed by atoms with Crippen LogP contribution in [-0.2, 0) is 79.5 Å². The van der Waals surface area contributed by atoms with E-state index in [1.807, 2.05) is 32.5 Å². The van der Waals surface area contributed by atoms with E-state index < -0.39 is 11.7 Å². The van der Waals surface area contributed by atoms with E-state index in [1.54, 1.807) is 10.9 Å². The number of nitrogens with zero attached hydrogens (tertiary/aromatic N) is 3. The first kappa shape index (κ1) is 60.8. The largest absolute Gasteiger partial charge is 0.444 e. The molecule has 2 saturated heterocycles. The van der Waals surface area contributed by atoms with E-state index in [-0.39, 0.29) is 36.3 Å². The molecular weight excluding hydrogens is 941 g/mol. The number of hydrogen-bond acceptors (Lipinski definition) is 19. The first-order valence-electron chi connectivity index (χ1n) is 24.5. The van der Waals surface area contributed by atoms with Gasteiger partial charge in [-0.15, -0.1) is 5.10 Å². The van der Waals surface area contributed by atoms with Gasteiger partial charge in [0.25, 0.3) is 0 Å². The number of nitrogens with one attached hydrogen (secondary N) is 5. The second-order valence-corrected chi connectivity index (χ2v) is 18.2. The highest BCUT2D eigenvalue weighted by atomic mass is 32.2. The van der Waals surface area contributed by atoms with Crippen LogP contribution in [0.3, 0.4) is 0 Å². The SMILES string of the molecule is CC(C)(C)OC(=O)NCCOCCOCCOCCOCCOCCNC(=O)CCOCCOCCOCCOCCOCCOCCn1cc(CNC(=O)CCCC[C@@H]2SC[C@H]3NC(=O)N[C@@H]23)nn1. The molecule has 3 rings (SSSR count). The van der Waals surface area contributed by atoms with Crippen LogP contribution in [0.25, 0.3) is 0 Å². The van der Waals surface area contributed by atoms with Gasteiger partial charge in [0.15, 0.2) is 0 Å². The van der Waals surface area contributed by atoms with Gasteiger partial charge in [-0.25, -0.2) is 14.3 Å². The summed E-state index contributed by atoms with van der Waals surface area (Å²) in [6, 6.07) is 0.351. The number of alkyl carbamates (subject to hydrolysis) is 1. The molecule has 0 bridgehead atoms. The van der Waals surface area contributed by atoms with Gasteiger partial charge in [-0.1, -0.05) is 11.6 Å². The molecule has 0 spiro atoms. The van der Waals surface area contributed by atoms with Crippen molar-refractivity contribution in [2.75, 3.05) is 164 Å². The van der Waals surface area contributed by atoms with Crippen molar-refractivity contribution in [3.05, 3.63) is 11.9 Å². The van der Waals surface area contributed by atoms with E-state index in [0.717, 1.165) is 25.0 Å². The van der Waals surface area contributed by atoms with Gasteiger partial charge in [-0.3, -0.25) is 9.59 Å². The summed E-state index contributed by atoms with van der Waals surface area (Å²) in [6.45, 7) is 16.4. The van der Waals surface area contributed by atoms with E-state index >= 15 is 0 Å². The Kier molecular flexibility index (Phi) is 34.8. The van der Waals surface area contributed by atoms with Gasteiger partial charge in [0.05, 0.1) is 177 Å². The molecule has 0 aromatic carbocycles. The number of thioether (sulfide) groups is 1. The van der Waals surface area contributed by atoms with Crippen molar-refractivity contribution in [3.8, 4) is 0 Å². The molecule has 5 amide bonds. The van der Waals surface area contributed by atoms with Crippen LogP contribution in [0.15, 0.2) is 6.20 Å². The molecule has 25 heteroatoms. The fourth-order valence-electron chi connectivity index (χ4n) is 6.48. The molecule has 24 nitrogen and oxygen atoms in total. The lowest BCUT2D eigenvalue weighted by Gasteiger charge is -2.19. The standard InChI is InChI=1S/C45H82N8O16S/c1-45(2,3)69-44(57)47-10-14-60-18-22-64-26-30-67-29-25-63-21-17-59-13-9-46-41(55)8-12-58-16-20-62-24-28-66-32-33-68-31-27-65-23-19-61-15-11-53-35-37(51-52-53)34-48-40(54)7-5-4-6-39-42-38(36-70-39)49-43(56)50-42/h35,38-39,42H,4-34,36H2,1-3H3,(H,46,55)(H,47,57)(H,48,54)(H2,49,50,56)/t38-,39+,42-/m1/s1. The normalized spacial score (nSPS) is 16.5. The van der Waals surface area contributed by atoms with Crippen molar-refractivity contribution in [1.29, 1.82) is 0 Å². The van der Waals surface area contributed by atoms with Crippen LogP contribution in [-0.4, -0.2) is 226 Å². The summed E-state index contributed by atoms with van der Waals surface area (Å²) in [5, 5.41) is 22.9. The van der Waals surface area contributed by atoms with Crippen LogP contribution in [0.4, 0.5) is 9.59 Å². The quantitative estimate of drug-likeness (QED) is 0.0447.